The van der Waals surface area contributed by atoms with Crippen LogP contribution in [0.5, 0.6) is 0 Å². The van der Waals surface area contributed by atoms with Crippen LogP contribution in [0.4, 0.5) is 0 Å². The van der Waals surface area contributed by atoms with Crippen molar-refractivity contribution in [3.63, 3.8) is 0 Å². The highest BCUT2D eigenvalue weighted by Gasteiger charge is 2.32. The van der Waals surface area contributed by atoms with Crippen molar-refractivity contribution >= 4 is 36.6 Å². The molecule has 0 spiro atoms. The first kappa shape index (κ1) is 25.4. The van der Waals surface area contributed by atoms with Gasteiger partial charge in [0.05, 0.1) is 12.1 Å². The zero-order chi connectivity index (χ0) is 17.7. The van der Waals surface area contributed by atoms with Crippen molar-refractivity contribution in [2.45, 2.75) is 51.6 Å². The molecule has 3 atom stereocenters. The maximum Gasteiger partial charge on any atom is 0.240 e. The molecule has 26 heavy (non-hydrogen) atoms. The molecule has 8 heteroatoms. The Morgan fingerprint density at radius 1 is 1.19 bits per heavy atom. The summed E-state index contributed by atoms with van der Waals surface area (Å²) in [6.45, 7) is 7.40. The van der Waals surface area contributed by atoms with Gasteiger partial charge in [-0.3, -0.25) is 14.5 Å². The standard InChI is InChI=1S/C18H34N4O2.2ClH/c1-13(2)16(21(3)4)18(24)22-10-6-7-14(12-22)11-20-17(23)15-8-5-9-19-15;;/h13-16,19H,5-12H2,1-4H3,(H,20,23);2*1H. The average molecular weight is 411 g/mol. The van der Waals surface area contributed by atoms with Crippen molar-refractivity contribution in [2.24, 2.45) is 11.8 Å². The maximum absolute atomic E-state index is 12.9. The van der Waals surface area contributed by atoms with Gasteiger partial charge in [-0.15, -0.1) is 24.8 Å². The summed E-state index contributed by atoms with van der Waals surface area (Å²) in [6, 6.07) is -0.0913. The minimum atomic E-state index is -0.0685. The number of amides is 2. The van der Waals surface area contributed by atoms with Gasteiger partial charge in [0.15, 0.2) is 0 Å². The van der Waals surface area contributed by atoms with Gasteiger partial charge in [0, 0.05) is 19.6 Å². The van der Waals surface area contributed by atoms with Crippen LogP contribution in [0.2, 0.25) is 0 Å². The van der Waals surface area contributed by atoms with Crippen LogP contribution < -0.4 is 10.6 Å². The lowest BCUT2D eigenvalue weighted by molar-refractivity contribution is -0.139. The topological polar surface area (TPSA) is 64.7 Å². The van der Waals surface area contributed by atoms with Crippen molar-refractivity contribution in [1.82, 2.24) is 20.4 Å². The molecule has 0 bridgehead atoms. The molecule has 6 nitrogen and oxygen atoms in total. The number of halogens is 2. The molecule has 0 aromatic rings. The first-order valence-corrected chi connectivity index (χ1v) is 9.36. The van der Waals surface area contributed by atoms with E-state index < -0.39 is 0 Å². The number of hydrogen-bond acceptors (Lipinski definition) is 4. The fourth-order valence-corrected chi connectivity index (χ4v) is 4.00. The molecule has 154 valence electrons. The van der Waals surface area contributed by atoms with Crippen LogP contribution in [0.3, 0.4) is 0 Å². The number of nitrogens with one attached hydrogen (secondary N) is 2. The quantitative estimate of drug-likeness (QED) is 0.696. The fourth-order valence-electron chi connectivity index (χ4n) is 4.00. The van der Waals surface area contributed by atoms with Crippen LogP contribution in [0.1, 0.15) is 39.5 Å². The Kier molecular flexibility index (Phi) is 11.7. The molecule has 2 amide bonds. The number of likely N-dealkylation sites (tertiary alicyclic amines) is 1. The van der Waals surface area contributed by atoms with Crippen molar-refractivity contribution in [1.29, 1.82) is 0 Å². The number of nitrogens with zero attached hydrogens (tertiary/aromatic N) is 2. The summed E-state index contributed by atoms with van der Waals surface area (Å²) < 4.78 is 0. The average Bonchev–Trinajstić information content (AvgIpc) is 3.06. The third-order valence-corrected chi connectivity index (χ3v) is 5.21. The molecule has 0 aliphatic carbocycles. The molecular formula is C18H36Cl2N4O2. The Labute approximate surface area is 170 Å². The summed E-state index contributed by atoms with van der Waals surface area (Å²) in [4.78, 5) is 29.0. The fraction of sp³-hybridized carbons (Fsp3) is 0.889. The van der Waals surface area contributed by atoms with Crippen LogP contribution >= 0.6 is 24.8 Å². The first-order valence-electron chi connectivity index (χ1n) is 9.36. The van der Waals surface area contributed by atoms with Gasteiger partial charge >= 0.3 is 0 Å². The van der Waals surface area contributed by atoms with Crippen LogP contribution in [0, 0.1) is 11.8 Å². The van der Waals surface area contributed by atoms with Crippen LogP contribution in [0.15, 0.2) is 0 Å². The molecule has 2 N–H and O–H groups in total. The molecule has 2 fully saturated rings. The number of piperidine rings is 1. The lowest BCUT2D eigenvalue weighted by atomic mass is 9.95. The summed E-state index contributed by atoms with van der Waals surface area (Å²) in [5, 5.41) is 6.31. The molecule has 2 rings (SSSR count). The third-order valence-electron chi connectivity index (χ3n) is 5.21. The van der Waals surface area contributed by atoms with E-state index in [0.717, 1.165) is 45.3 Å². The molecule has 3 unspecified atom stereocenters. The molecule has 2 saturated heterocycles. The van der Waals surface area contributed by atoms with Crippen molar-refractivity contribution in [2.75, 3.05) is 40.3 Å². The van der Waals surface area contributed by atoms with E-state index in [4.69, 9.17) is 0 Å². The zero-order valence-corrected chi connectivity index (χ0v) is 18.1. The largest absolute Gasteiger partial charge is 0.354 e. The summed E-state index contributed by atoms with van der Waals surface area (Å²) >= 11 is 0. The summed E-state index contributed by atoms with van der Waals surface area (Å²) in [7, 11) is 3.94. The zero-order valence-electron chi connectivity index (χ0n) is 16.5. The van der Waals surface area contributed by atoms with E-state index in [9.17, 15) is 9.59 Å². The summed E-state index contributed by atoms with van der Waals surface area (Å²) in [5.74, 6) is 0.997. The van der Waals surface area contributed by atoms with Crippen LogP contribution in [-0.4, -0.2) is 74.0 Å². The monoisotopic (exact) mass is 410 g/mol. The van der Waals surface area contributed by atoms with Gasteiger partial charge in [-0.25, -0.2) is 0 Å². The van der Waals surface area contributed by atoms with Gasteiger partial charge in [0.1, 0.15) is 0 Å². The minimum absolute atomic E-state index is 0. The summed E-state index contributed by atoms with van der Waals surface area (Å²) in [5.41, 5.74) is 0. The number of carbonyl (C=O) groups excluding carboxylic acids is 2. The molecule has 0 radical (unpaired) electrons. The predicted octanol–water partition coefficient (Wildman–Crippen LogP) is 1.52. The highest BCUT2D eigenvalue weighted by atomic mass is 35.5. The number of carbonyl (C=O) groups is 2. The Hall–Kier alpha value is -0.560. The van der Waals surface area contributed by atoms with E-state index in [2.05, 4.69) is 24.5 Å². The molecule has 2 aliphatic heterocycles. The van der Waals surface area contributed by atoms with Gasteiger partial charge in [-0.05, 0) is 58.2 Å². The van der Waals surface area contributed by atoms with E-state index in [0.29, 0.717) is 18.4 Å². The molecule has 2 heterocycles. The maximum atomic E-state index is 12.9. The normalized spacial score (nSPS) is 24.0. The van der Waals surface area contributed by atoms with Gasteiger partial charge < -0.3 is 15.5 Å². The molecular weight excluding hydrogens is 375 g/mol. The first-order chi connectivity index (χ1) is 11.4. The Morgan fingerprint density at radius 3 is 2.42 bits per heavy atom. The molecule has 0 aromatic heterocycles. The van der Waals surface area contributed by atoms with Gasteiger partial charge in [-0.1, -0.05) is 13.8 Å². The highest BCUT2D eigenvalue weighted by Crippen LogP contribution is 2.20. The van der Waals surface area contributed by atoms with E-state index in [1.807, 2.05) is 23.9 Å². The molecule has 0 aromatic carbocycles. The van der Waals surface area contributed by atoms with Crippen LogP contribution in [0.25, 0.3) is 0 Å². The van der Waals surface area contributed by atoms with E-state index >= 15 is 0 Å². The van der Waals surface area contributed by atoms with Crippen molar-refractivity contribution in [3.05, 3.63) is 0 Å². The number of hydrogen-bond donors (Lipinski definition) is 2. The van der Waals surface area contributed by atoms with Gasteiger partial charge in [0.25, 0.3) is 0 Å². The summed E-state index contributed by atoms with van der Waals surface area (Å²) in [6.07, 6.45) is 4.10. The Bertz CT molecular complexity index is 435. The molecule has 0 saturated carbocycles. The minimum Gasteiger partial charge on any atom is -0.354 e. The lowest BCUT2D eigenvalue weighted by Crippen LogP contribution is -2.53. The Balaban J connectivity index is 0.00000312. The third kappa shape index (κ3) is 6.87. The van der Waals surface area contributed by atoms with Crippen molar-refractivity contribution < 1.29 is 9.59 Å². The SMILES string of the molecule is CC(C)C(C(=O)N1CCCC(CNC(=O)C2CCCN2)C1)N(C)C.Cl.Cl. The number of rotatable bonds is 6. The second kappa shape index (κ2) is 12.0. The predicted molar refractivity (Wildman–Crippen MR) is 110 cm³/mol. The van der Waals surface area contributed by atoms with E-state index in [-0.39, 0.29) is 48.7 Å². The lowest BCUT2D eigenvalue weighted by Gasteiger charge is -2.38. The Morgan fingerprint density at radius 2 is 1.88 bits per heavy atom. The second-order valence-corrected chi connectivity index (χ2v) is 7.84. The van der Waals surface area contributed by atoms with E-state index in [1.54, 1.807) is 0 Å². The smallest absolute Gasteiger partial charge is 0.240 e. The van der Waals surface area contributed by atoms with Gasteiger partial charge in [0.2, 0.25) is 11.8 Å². The highest BCUT2D eigenvalue weighted by molar-refractivity contribution is 5.85. The molecule has 2 aliphatic rings. The second-order valence-electron chi connectivity index (χ2n) is 7.84. The van der Waals surface area contributed by atoms with Crippen molar-refractivity contribution in [3.8, 4) is 0 Å². The number of likely N-dealkylation sites (N-methyl/N-ethyl adjacent to an activating group) is 1. The van der Waals surface area contributed by atoms with Crippen LogP contribution in [-0.2, 0) is 9.59 Å². The van der Waals surface area contributed by atoms with E-state index in [1.165, 1.54) is 0 Å². The van der Waals surface area contributed by atoms with Gasteiger partial charge in [-0.2, -0.15) is 0 Å².